The Hall–Kier alpha value is -1.80. The van der Waals surface area contributed by atoms with E-state index in [1.807, 2.05) is 49.4 Å². The van der Waals surface area contributed by atoms with Crippen LogP contribution in [0.3, 0.4) is 0 Å². The second-order valence-corrected chi connectivity index (χ2v) is 4.41. The van der Waals surface area contributed by atoms with Gasteiger partial charge in [-0.25, -0.2) is 0 Å². The maximum absolute atomic E-state index is 10.7. The zero-order chi connectivity index (χ0) is 13.2. The molecule has 1 N–H and O–H groups in total. The van der Waals surface area contributed by atoms with Crippen molar-refractivity contribution in [3.63, 3.8) is 0 Å². The Kier molecular flexibility index (Phi) is 3.39. The minimum atomic E-state index is -1.26. The summed E-state index contributed by atoms with van der Waals surface area (Å²) in [6, 6.07) is 15.0. The standard InChI is InChI=1S/C16H17O2/c1-12-7-4-5-10-15(12)16(2,17)13-8-6-9-14(11-13)18-3/h4-11,17H,2H2,1,3H3. The van der Waals surface area contributed by atoms with E-state index in [-0.39, 0.29) is 0 Å². The highest BCUT2D eigenvalue weighted by atomic mass is 16.5. The van der Waals surface area contributed by atoms with Crippen molar-refractivity contribution >= 4 is 0 Å². The lowest BCUT2D eigenvalue weighted by Gasteiger charge is -2.26. The SMILES string of the molecule is [CH2]C(O)(c1cccc(OC)c1)c1ccccc1C. The first-order valence-electron chi connectivity index (χ1n) is 5.84. The van der Waals surface area contributed by atoms with E-state index in [4.69, 9.17) is 4.74 Å². The number of benzene rings is 2. The molecule has 18 heavy (non-hydrogen) atoms. The van der Waals surface area contributed by atoms with Crippen LogP contribution < -0.4 is 4.74 Å². The zero-order valence-corrected chi connectivity index (χ0v) is 10.7. The predicted octanol–water partition coefficient (Wildman–Crippen LogP) is 3.07. The Morgan fingerprint density at radius 3 is 2.50 bits per heavy atom. The predicted molar refractivity (Wildman–Crippen MR) is 72.5 cm³/mol. The van der Waals surface area contributed by atoms with Crippen LogP contribution >= 0.6 is 0 Å². The molecule has 2 rings (SSSR count). The maximum Gasteiger partial charge on any atom is 0.119 e. The van der Waals surface area contributed by atoms with Crippen molar-refractivity contribution in [1.29, 1.82) is 0 Å². The number of aliphatic hydroxyl groups is 1. The van der Waals surface area contributed by atoms with E-state index in [2.05, 4.69) is 6.92 Å². The van der Waals surface area contributed by atoms with Crippen LogP contribution in [0.2, 0.25) is 0 Å². The average molecular weight is 241 g/mol. The van der Waals surface area contributed by atoms with Crippen molar-refractivity contribution in [1.82, 2.24) is 0 Å². The molecule has 0 spiro atoms. The van der Waals surface area contributed by atoms with Gasteiger partial charge in [0.1, 0.15) is 11.4 Å². The summed E-state index contributed by atoms with van der Waals surface area (Å²) in [7, 11) is 1.61. The first kappa shape index (κ1) is 12.7. The molecule has 0 aliphatic heterocycles. The number of hydrogen-bond acceptors (Lipinski definition) is 2. The minimum Gasteiger partial charge on any atom is -0.497 e. The fourth-order valence-corrected chi connectivity index (χ4v) is 2.07. The van der Waals surface area contributed by atoms with Gasteiger partial charge < -0.3 is 9.84 Å². The maximum atomic E-state index is 10.7. The third kappa shape index (κ3) is 2.24. The van der Waals surface area contributed by atoms with Gasteiger partial charge in [0.2, 0.25) is 0 Å². The third-order valence-electron chi connectivity index (χ3n) is 3.14. The molecule has 93 valence electrons. The van der Waals surface area contributed by atoms with E-state index in [9.17, 15) is 5.11 Å². The second kappa shape index (κ2) is 4.83. The van der Waals surface area contributed by atoms with E-state index in [1.165, 1.54) is 0 Å². The molecule has 1 radical (unpaired) electrons. The van der Waals surface area contributed by atoms with Crippen LogP contribution in [0.25, 0.3) is 0 Å². The van der Waals surface area contributed by atoms with E-state index >= 15 is 0 Å². The van der Waals surface area contributed by atoms with Gasteiger partial charge in [0.05, 0.1) is 7.11 Å². The molecule has 2 heteroatoms. The van der Waals surface area contributed by atoms with E-state index < -0.39 is 5.60 Å². The molecule has 0 saturated heterocycles. The van der Waals surface area contributed by atoms with Gasteiger partial charge >= 0.3 is 0 Å². The molecule has 0 saturated carbocycles. The Labute approximate surface area is 108 Å². The molecular weight excluding hydrogens is 224 g/mol. The summed E-state index contributed by atoms with van der Waals surface area (Å²) in [5, 5.41) is 10.7. The largest absolute Gasteiger partial charge is 0.497 e. The average Bonchev–Trinajstić information content (AvgIpc) is 2.39. The molecule has 1 atom stereocenters. The Morgan fingerprint density at radius 1 is 1.11 bits per heavy atom. The normalized spacial score (nSPS) is 14.0. The molecule has 0 aliphatic carbocycles. The first-order chi connectivity index (χ1) is 8.55. The number of methoxy groups -OCH3 is 1. The van der Waals surface area contributed by atoms with E-state index in [0.717, 1.165) is 16.7 Å². The second-order valence-electron chi connectivity index (χ2n) is 4.41. The Morgan fingerprint density at radius 2 is 1.83 bits per heavy atom. The molecule has 0 fully saturated rings. The molecule has 1 unspecified atom stereocenters. The molecule has 2 nitrogen and oxygen atoms in total. The van der Waals surface area contributed by atoms with Gasteiger partial charge in [-0.15, -0.1) is 0 Å². The zero-order valence-electron chi connectivity index (χ0n) is 10.7. The van der Waals surface area contributed by atoms with Crippen molar-refractivity contribution < 1.29 is 9.84 Å². The molecule has 0 aliphatic rings. The van der Waals surface area contributed by atoms with Gasteiger partial charge in [0.25, 0.3) is 0 Å². The topological polar surface area (TPSA) is 29.5 Å². The van der Waals surface area contributed by atoms with Crippen LogP contribution in [0.5, 0.6) is 5.75 Å². The lowest BCUT2D eigenvalue weighted by molar-refractivity contribution is 0.130. The molecule has 0 heterocycles. The number of hydrogen-bond donors (Lipinski definition) is 1. The summed E-state index contributed by atoms with van der Waals surface area (Å²) in [6.45, 7) is 5.91. The summed E-state index contributed by atoms with van der Waals surface area (Å²) in [4.78, 5) is 0. The van der Waals surface area contributed by atoms with E-state index in [1.54, 1.807) is 13.2 Å². The summed E-state index contributed by atoms with van der Waals surface area (Å²) in [5.74, 6) is 0.711. The fourth-order valence-electron chi connectivity index (χ4n) is 2.07. The highest BCUT2D eigenvalue weighted by Gasteiger charge is 2.27. The van der Waals surface area contributed by atoms with Crippen LogP contribution in [-0.4, -0.2) is 12.2 Å². The smallest absolute Gasteiger partial charge is 0.119 e. The van der Waals surface area contributed by atoms with Gasteiger partial charge in [-0.1, -0.05) is 36.4 Å². The van der Waals surface area contributed by atoms with Crippen LogP contribution in [0, 0.1) is 13.8 Å². The van der Waals surface area contributed by atoms with Gasteiger partial charge in [-0.3, -0.25) is 0 Å². The number of rotatable bonds is 3. The monoisotopic (exact) mass is 241 g/mol. The summed E-state index contributed by atoms with van der Waals surface area (Å²) >= 11 is 0. The highest BCUT2D eigenvalue weighted by Crippen LogP contribution is 2.32. The van der Waals surface area contributed by atoms with E-state index in [0.29, 0.717) is 5.75 Å². The number of ether oxygens (including phenoxy) is 1. The minimum absolute atomic E-state index is 0.711. The van der Waals surface area contributed by atoms with Crippen LogP contribution in [0.15, 0.2) is 48.5 Å². The third-order valence-corrected chi connectivity index (χ3v) is 3.14. The molecular formula is C16H17O2. The lowest BCUT2D eigenvalue weighted by atomic mass is 9.85. The quantitative estimate of drug-likeness (QED) is 0.894. The van der Waals surface area contributed by atoms with Crippen molar-refractivity contribution in [2.75, 3.05) is 7.11 Å². The van der Waals surface area contributed by atoms with Crippen molar-refractivity contribution in [2.24, 2.45) is 0 Å². The van der Waals surface area contributed by atoms with Crippen molar-refractivity contribution in [3.8, 4) is 5.75 Å². The molecule has 0 bridgehead atoms. The van der Waals surface area contributed by atoms with Crippen molar-refractivity contribution in [2.45, 2.75) is 12.5 Å². The Bertz CT molecular complexity index is 544. The van der Waals surface area contributed by atoms with Crippen molar-refractivity contribution in [3.05, 3.63) is 72.1 Å². The fraction of sp³-hybridized carbons (Fsp3) is 0.188. The van der Waals surface area contributed by atoms with Gasteiger partial charge in [-0.2, -0.15) is 0 Å². The summed E-state index contributed by atoms with van der Waals surface area (Å²) in [6.07, 6.45) is 0. The van der Waals surface area contributed by atoms with Gasteiger partial charge in [-0.05, 0) is 42.7 Å². The molecule has 2 aromatic carbocycles. The lowest BCUT2D eigenvalue weighted by Crippen LogP contribution is -2.24. The highest BCUT2D eigenvalue weighted by molar-refractivity contribution is 5.43. The number of aryl methyl sites for hydroxylation is 1. The summed E-state index contributed by atoms with van der Waals surface area (Å²) < 4.78 is 5.18. The first-order valence-corrected chi connectivity index (χ1v) is 5.84. The van der Waals surface area contributed by atoms with Crippen LogP contribution in [-0.2, 0) is 5.60 Å². The summed E-state index contributed by atoms with van der Waals surface area (Å²) in [5.41, 5.74) is 1.27. The van der Waals surface area contributed by atoms with Gasteiger partial charge in [0.15, 0.2) is 0 Å². The molecule has 0 amide bonds. The van der Waals surface area contributed by atoms with Crippen LogP contribution in [0.4, 0.5) is 0 Å². The molecule has 2 aromatic rings. The Balaban J connectivity index is 2.50. The van der Waals surface area contributed by atoms with Crippen LogP contribution in [0.1, 0.15) is 16.7 Å². The molecule has 0 aromatic heterocycles. The van der Waals surface area contributed by atoms with Gasteiger partial charge in [0, 0.05) is 0 Å².